The number of hydrogen-bond donors (Lipinski definition) is 0. The fourth-order valence-corrected chi connectivity index (χ4v) is 4.19. The summed E-state index contributed by atoms with van der Waals surface area (Å²) in [5.74, 6) is 0.482. The first kappa shape index (κ1) is 17.8. The third-order valence-corrected chi connectivity index (χ3v) is 5.61. The van der Waals surface area contributed by atoms with Crippen molar-refractivity contribution < 1.29 is 18.3 Å². The molecule has 0 N–H and O–H groups in total. The Morgan fingerprint density at radius 3 is 2.67 bits per heavy atom. The minimum Gasteiger partial charge on any atom is -0.493 e. The first-order valence-electron chi connectivity index (χ1n) is 7.88. The van der Waals surface area contributed by atoms with Crippen LogP contribution < -0.4 is 15.1 Å². The van der Waals surface area contributed by atoms with Crippen molar-refractivity contribution in [1.29, 1.82) is 0 Å². The molecule has 2 heterocycles. The molecule has 0 unspecified atom stereocenters. The van der Waals surface area contributed by atoms with Crippen LogP contribution in [0.3, 0.4) is 0 Å². The lowest BCUT2D eigenvalue weighted by atomic mass is 10.1. The Hall–Kier alpha value is -2.64. The van der Waals surface area contributed by atoms with Crippen LogP contribution in [0.4, 0.5) is 4.39 Å². The fraction of sp³-hybridized carbons (Fsp3) is 0.158. The van der Waals surface area contributed by atoms with Crippen LogP contribution >= 0.6 is 22.9 Å². The van der Waals surface area contributed by atoms with Crippen molar-refractivity contribution in [2.45, 2.75) is 6.92 Å². The molecule has 5 nitrogen and oxygen atoms in total. The molecule has 0 saturated heterocycles. The van der Waals surface area contributed by atoms with Crippen molar-refractivity contribution in [3.63, 3.8) is 0 Å². The van der Waals surface area contributed by atoms with Gasteiger partial charge in [-0.05, 0) is 25.1 Å². The molecule has 138 valence electrons. The predicted octanol–water partition coefficient (Wildman–Crippen LogP) is 5.19. The van der Waals surface area contributed by atoms with Crippen molar-refractivity contribution in [2.24, 2.45) is 0 Å². The molecule has 8 heteroatoms. The van der Waals surface area contributed by atoms with Crippen LogP contribution in [0.25, 0.3) is 31.8 Å². The third-order valence-electron chi connectivity index (χ3n) is 4.26. The second kappa shape index (κ2) is 6.51. The first-order valence-corrected chi connectivity index (χ1v) is 9.07. The van der Waals surface area contributed by atoms with E-state index in [-0.39, 0.29) is 5.02 Å². The molecule has 27 heavy (non-hydrogen) atoms. The van der Waals surface area contributed by atoms with Gasteiger partial charge in [0.1, 0.15) is 16.4 Å². The average Bonchev–Trinajstić information content (AvgIpc) is 3.04. The van der Waals surface area contributed by atoms with E-state index in [1.165, 1.54) is 43.8 Å². The number of rotatable bonds is 3. The molecule has 4 aromatic rings. The Morgan fingerprint density at radius 2 is 1.96 bits per heavy atom. The molecule has 0 amide bonds. The molecular formula is C19H13ClFNO4S. The number of halogens is 2. The standard InChI is InChI=1S/C19H13ClFNO4S/c1-8-17-9(4-14(24-2)18(8)25-3)10(5-16(23)26-17)19-22-13-6-11(20)12(21)7-15(13)27-19/h4-7H,1-3H3. The maximum Gasteiger partial charge on any atom is 0.336 e. The van der Waals surface area contributed by atoms with Gasteiger partial charge in [0.25, 0.3) is 0 Å². The molecule has 0 bridgehead atoms. The number of hydrogen-bond acceptors (Lipinski definition) is 6. The van der Waals surface area contributed by atoms with E-state index in [0.29, 0.717) is 48.8 Å². The first-order chi connectivity index (χ1) is 12.9. The van der Waals surface area contributed by atoms with E-state index >= 15 is 0 Å². The van der Waals surface area contributed by atoms with E-state index in [9.17, 15) is 9.18 Å². The minimum absolute atomic E-state index is 0.000895. The van der Waals surface area contributed by atoms with E-state index in [1.807, 2.05) is 0 Å². The van der Waals surface area contributed by atoms with Crippen LogP contribution in [0, 0.1) is 12.7 Å². The van der Waals surface area contributed by atoms with Gasteiger partial charge in [-0.1, -0.05) is 11.6 Å². The molecule has 4 rings (SSSR count). The van der Waals surface area contributed by atoms with E-state index in [4.69, 9.17) is 25.5 Å². The Bertz CT molecular complexity index is 1230. The van der Waals surface area contributed by atoms with Gasteiger partial charge < -0.3 is 13.9 Å². The Kier molecular flexibility index (Phi) is 4.28. The summed E-state index contributed by atoms with van der Waals surface area (Å²) in [6.07, 6.45) is 0. The number of nitrogens with zero attached hydrogens (tertiary/aromatic N) is 1. The van der Waals surface area contributed by atoms with Crippen molar-refractivity contribution in [3.8, 4) is 22.1 Å². The number of methoxy groups -OCH3 is 2. The van der Waals surface area contributed by atoms with Crippen LogP contribution in [0.15, 0.2) is 33.5 Å². The maximum atomic E-state index is 13.8. The number of thiazole rings is 1. The summed E-state index contributed by atoms with van der Waals surface area (Å²) < 4.78 is 30.6. The summed E-state index contributed by atoms with van der Waals surface area (Å²) in [5, 5.41) is 1.20. The highest BCUT2D eigenvalue weighted by Crippen LogP contribution is 2.41. The maximum absolute atomic E-state index is 13.8. The van der Waals surface area contributed by atoms with Crippen LogP contribution in [0.1, 0.15) is 5.56 Å². The molecule has 0 aliphatic heterocycles. The molecule has 2 aromatic heterocycles. The molecule has 0 saturated carbocycles. The second-order valence-corrected chi connectivity index (χ2v) is 7.28. The highest BCUT2D eigenvalue weighted by molar-refractivity contribution is 7.21. The van der Waals surface area contributed by atoms with Crippen LogP contribution in [0.5, 0.6) is 11.5 Å². The van der Waals surface area contributed by atoms with Crippen molar-refractivity contribution in [2.75, 3.05) is 14.2 Å². The largest absolute Gasteiger partial charge is 0.493 e. The second-order valence-electron chi connectivity index (χ2n) is 5.85. The molecule has 0 fully saturated rings. The van der Waals surface area contributed by atoms with E-state index in [0.717, 1.165) is 0 Å². The third kappa shape index (κ3) is 2.83. The SMILES string of the molecule is COc1cc2c(-c3nc4cc(Cl)c(F)cc4s3)cc(=O)oc2c(C)c1OC. The molecule has 2 aromatic carbocycles. The summed E-state index contributed by atoms with van der Waals surface area (Å²) >= 11 is 7.11. The minimum atomic E-state index is -0.517. The van der Waals surface area contributed by atoms with Crippen LogP contribution in [0.2, 0.25) is 5.02 Å². The zero-order valence-electron chi connectivity index (χ0n) is 14.6. The highest BCUT2D eigenvalue weighted by Gasteiger charge is 2.19. The smallest absolute Gasteiger partial charge is 0.336 e. The van der Waals surface area contributed by atoms with Crippen molar-refractivity contribution in [3.05, 3.63) is 51.1 Å². The lowest BCUT2D eigenvalue weighted by molar-refractivity contribution is 0.353. The topological polar surface area (TPSA) is 61.6 Å². The summed E-state index contributed by atoms with van der Waals surface area (Å²) in [4.78, 5) is 16.7. The van der Waals surface area contributed by atoms with Crippen molar-refractivity contribution >= 4 is 44.1 Å². The van der Waals surface area contributed by atoms with Gasteiger partial charge in [-0.3, -0.25) is 0 Å². The molecule has 0 atom stereocenters. The number of aryl methyl sites for hydroxylation is 1. The zero-order chi connectivity index (χ0) is 19.3. The molecular weight excluding hydrogens is 393 g/mol. The lowest BCUT2D eigenvalue weighted by Crippen LogP contribution is -2.01. The number of ether oxygens (including phenoxy) is 2. The van der Waals surface area contributed by atoms with Gasteiger partial charge in [-0.15, -0.1) is 11.3 Å². The Morgan fingerprint density at radius 1 is 1.19 bits per heavy atom. The predicted molar refractivity (Wildman–Crippen MR) is 104 cm³/mol. The number of benzene rings is 2. The fourth-order valence-electron chi connectivity index (χ4n) is 3.03. The van der Waals surface area contributed by atoms with Crippen LogP contribution in [-0.4, -0.2) is 19.2 Å². The van der Waals surface area contributed by atoms with E-state index in [1.54, 1.807) is 13.0 Å². The highest BCUT2D eigenvalue weighted by atomic mass is 35.5. The normalized spacial score (nSPS) is 11.3. The monoisotopic (exact) mass is 405 g/mol. The van der Waals surface area contributed by atoms with Gasteiger partial charge >= 0.3 is 5.63 Å². The zero-order valence-corrected chi connectivity index (χ0v) is 16.1. The van der Waals surface area contributed by atoms with Crippen molar-refractivity contribution in [1.82, 2.24) is 4.98 Å². The summed E-state index contributed by atoms with van der Waals surface area (Å²) in [6.45, 7) is 1.78. The summed E-state index contributed by atoms with van der Waals surface area (Å²) in [5.41, 5.74) is 1.64. The Balaban J connectivity index is 2.07. The molecule has 0 radical (unpaired) electrons. The van der Waals surface area contributed by atoms with Gasteiger partial charge in [-0.2, -0.15) is 0 Å². The van der Waals surface area contributed by atoms with Gasteiger partial charge in [-0.25, -0.2) is 14.2 Å². The number of aromatic nitrogens is 1. The molecule has 0 aliphatic rings. The molecule has 0 spiro atoms. The van der Waals surface area contributed by atoms with E-state index < -0.39 is 11.4 Å². The Labute approximate surface area is 161 Å². The van der Waals surface area contributed by atoms with Gasteiger partial charge in [0.15, 0.2) is 11.5 Å². The summed E-state index contributed by atoms with van der Waals surface area (Å²) in [7, 11) is 3.05. The quantitative estimate of drug-likeness (QED) is 0.439. The molecule has 0 aliphatic carbocycles. The average molecular weight is 406 g/mol. The summed E-state index contributed by atoms with van der Waals surface area (Å²) in [6, 6.07) is 5.90. The van der Waals surface area contributed by atoms with Crippen LogP contribution in [-0.2, 0) is 0 Å². The van der Waals surface area contributed by atoms with Gasteiger partial charge in [0.05, 0.1) is 29.5 Å². The van der Waals surface area contributed by atoms with E-state index in [2.05, 4.69) is 4.98 Å². The lowest BCUT2D eigenvalue weighted by Gasteiger charge is -2.13. The van der Waals surface area contributed by atoms with Gasteiger partial charge in [0, 0.05) is 22.6 Å². The number of fused-ring (bicyclic) bond motifs is 2. The van der Waals surface area contributed by atoms with Gasteiger partial charge in [0.2, 0.25) is 0 Å².